The highest BCUT2D eigenvalue weighted by Crippen LogP contribution is 2.30. The van der Waals surface area contributed by atoms with Crippen LogP contribution in [0, 0.1) is 0 Å². The first-order valence-corrected chi connectivity index (χ1v) is 10.6. The molecule has 0 spiro atoms. The lowest BCUT2D eigenvalue weighted by atomic mass is 9.95. The molecule has 2 aromatic rings. The summed E-state index contributed by atoms with van der Waals surface area (Å²) in [5.74, 6) is 2.94. The number of hydrogen-bond donors (Lipinski definition) is 0. The Kier molecular flexibility index (Phi) is 5.77. The molecule has 1 saturated heterocycles. The van der Waals surface area contributed by atoms with E-state index in [1.54, 1.807) is 0 Å². The number of fused-ring (bicyclic) bond motifs is 1. The topological polar surface area (TPSA) is 37.2 Å². The number of rotatable bonds is 6. The molecule has 0 aromatic carbocycles. The lowest BCUT2D eigenvalue weighted by Crippen LogP contribution is -2.36. The number of imidazole rings is 1. The maximum absolute atomic E-state index is 5.04. The monoisotopic (exact) mass is 367 g/mol. The normalized spacial score (nSPS) is 20.1. The maximum atomic E-state index is 5.04. The van der Waals surface area contributed by atoms with E-state index >= 15 is 0 Å². The Balaban J connectivity index is 1.45. The molecule has 1 fully saturated rings. The van der Waals surface area contributed by atoms with Gasteiger partial charge in [-0.25, -0.2) is 9.97 Å². The first-order chi connectivity index (χ1) is 13.2. The zero-order valence-corrected chi connectivity index (χ0v) is 16.9. The van der Waals surface area contributed by atoms with Crippen molar-refractivity contribution >= 4 is 5.82 Å². The van der Waals surface area contributed by atoms with Crippen LogP contribution in [0.4, 0.5) is 5.82 Å². The summed E-state index contributed by atoms with van der Waals surface area (Å²) >= 11 is 0. The Bertz CT molecular complexity index is 751. The fourth-order valence-electron chi connectivity index (χ4n) is 4.57. The van der Waals surface area contributed by atoms with Crippen molar-refractivity contribution in [2.24, 2.45) is 0 Å². The minimum absolute atomic E-state index is 0.505. The van der Waals surface area contributed by atoms with Crippen LogP contribution in [-0.2, 0) is 19.4 Å². The molecular weight excluding hydrogens is 334 g/mol. The number of pyridine rings is 1. The van der Waals surface area contributed by atoms with Gasteiger partial charge in [-0.2, -0.15) is 0 Å². The summed E-state index contributed by atoms with van der Waals surface area (Å²) in [5, 5.41) is 0. The second kappa shape index (κ2) is 8.42. The third-order valence-electron chi connectivity index (χ3n) is 6.03. The molecule has 0 saturated carbocycles. The molecule has 4 rings (SSSR count). The van der Waals surface area contributed by atoms with Crippen LogP contribution in [0.15, 0.2) is 24.5 Å². The van der Waals surface area contributed by atoms with Crippen LogP contribution >= 0.6 is 0 Å². The summed E-state index contributed by atoms with van der Waals surface area (Å²) in [6.45, 7) is 4.33. The van der Waals surface area contributed by atoms with Crippen LogP contribution in [0.2, 0.25) is 0 Å². The van der Waals surface area contributed by atoms with Crippen molar-refractivity contribution in [2.75, 3.05) is 38.6 Å². The van der Waals surface area contributed by atoms with Gasteiger partial charge >= 0.3 is 0 Å². The van der Waals surface area contributed by atoms with E-state index in [-0.39, 0.29) is 0 Å². The Morgan fingerprint density at radius 1 is 1.15 bits per heavy atom. The second-order valence-electron chi connectivity index (χ2n) is 8.40. The van der Waals surface area contributed by atoms with Crippen molar-refractivity contribution < 1.29 is 0 Å². The highest BCUT2D eigenvalue weighted by atomic mass is 15.2. The Labute approximate surface area is 163 Å². The summed E-state index contributed by atoms with van der Waals surface area (Å²) < 4.78 is 2.37. The number of hydrogen-bond acceptors (Lipinski definition) is 4. The van der Waals surface area contributed by atoms with Gasteiger partial charge in [-0.1, -0.05) is 6.07 Å². The van der Waals surface area contributed by atoms with Gasteiger partial charge in [-0.05, 0) is 77.2 Å². The van der Waals surface area contributed by atoms with E-state index in [0.29, 0.717) is 5.92 Å². The molecule has 5 heteroatoms. The molecule has 2 aliphatic rings. The number of aromatic nitrogens is 3. The number of anilines is 1. The molecule has 27 heavy (non-hydrogen) atoms. The molecule has 3 heterocycles. The molecule has 0 amide bonds. The molecule has 5 nitrogen and oxygen atoms in total. The smallest absolute Gasteiger partial charge is 0.128 e. The van der Waals surface area contributed by atoms with Crippen LogP contribution in [0.5, 0.6) is 0 Å². The van der Waals surface area contributed by atoms with Gasteiger partial charge in [-0.3, -0.25) is 0 Å². The predicted molar refractivity (Wildman–Crippen MR) is 110 cm³/mol. The zero-order valence-electron chi connectivity index (χ0n) is 16.9. The van der Waals surface area contributed by atoms with E-state index < -0.39 is 0 Å². The van der Waals surface area contributed by atoms with Gasteiger partial charge < -0.3 is 14.4 Å². The Morgan fingerprint density at radius 2 is 2.04 bits per heavy atom. The molecule has 0 radical (unpaired) electrons. The summed E-state index contributed by atoms with van der Waals surface area (Å²) in [4.78, 5) is 14.5. The Hall–Kier alpha value is -1.88. The van der Waals surface area contributed by atoms with Crippen molar-refractivity contribution in [2.45, 2.75) is 57.4 Å². The van der Waals surface area contributed by atoms with Crippen LogP contribution in [0.1, 0.15) is 55.1 Å². The predicted octanol–water partition coefficient (Wildman–Crippen LogP) is 3.49. The molecule has 1 atom stereocenters. The van der Waals surface area contributed by atoms with Gasteiger partial charge in [0.25, 0.3) is 0 Å². The summed E-state index contributed by atoms with van der Waals surface area (Å²) in [5.41, 5.74) is 2.81. The number of piperidine rings is 1. The van der Waals surface area contributed by atoms with Crippen LogP contribution in [0.3, 0.4) is 0 Å². The lowest BCUT2D eigenvalue weighted by Gasteiger charge is -2.34. The molecule has 0 N–H and O–H groups in total. The largest absolute Gasteiger partial charge is 0.356 e. The summed E-state index contributed by atoms with van der Waals surface area (Å²) in [6, 6.07) is 4.57. The van der Waals surface area contributed by atoms with Gasteiger partial charge in [0.1, 0.15) is 11.6 Å². The molecule has 146 valence electrons. The van der Waals surface area contributed by atoms with E-state index in [4.69, 9.17) is 9.97 Å². The third-order valence-corrected chi connectivity index (χ3v) is 6.03. The second-order valence-corrected chi connectivity index (χ2v) is 8.40. The van der Waals surface area contributed by atoms with E-state index in [9.17, 15) is 0 Å². The molecule has 1 aliphatic heterocycles. The van der Waals surface area contributed by atoms with Gasteiger partial charge in [0.15, 0.2) is 0 Å². The summed E-state index contributed by atoms with van der Waals surface area (Å²) in [6.07, 6.45) is 12.7. The van der Waals surface area contributed by atoms with Crippen molar-refractivity contribution in [1.29, 1.82) is 0 Å². The van der Waals surface area contributed by atoms with Crippen LogP contribution in [0.25, 0.3) is 0 Å². The fraction of sp³-hybridized carbons (Fsp3) is 0.636. The lowest BCUT2D eigenvalue weighted by molar-refractivity contribution is 0.380. The van der Waals surface area contributed by atoms with E-state index in [0.717, 1.165) is 32.6 Å². The average molecular weight is 368 g/mol. The van der Waals surface area contributed by atoms with Gasteiger partial charge in [0.2, 0.25) is 0 Å². The SMILES string of the molecule is CN(C)CCCn1ccnc1[C@H]1CCCN(c2ccc3c(n2)CCCC3)C1. The van der Waals surface area contributed by atoms with Crippen molar-refractivity contribution in [3.05, 3.63) is 41.6 Å². The van der Waals surface area contributed by atoms with Crippen molar-refractivity contribution in [1.82, 2.24) is 19.4 Å². The first-order valence-electron chi connectivity index (χ1n) is 10.6. The molecular formula is C22H33N5. The van der Waals surface area contributed by atoms with Crippen molar-refractivity contribution in [3.8, 4) is 0 Å². The van der Waals surface area contributed by atoms with Gasteiger partial charge in [0.05, 0.1) is 0 Å². The number of nitrogens with zero attached hydrogens (tertiary/aromatic N) is 5. The van der Waals surface area contributed by atoms with E-state index in [1.807, 2.05) is 6.20 Å². The maximum Gasteiger partial charge on any atom is 0.128 e. The minimum atomic E-state index is 0.505. The zero-order chi connectivity index (χ0) is 18.6. The van der Waals surface area contributed by atoms with E-state index in [2.05, 4.69) is 46.8 Å². The quantitative estimate of drug-likeness (QED) is 0.783. The van der Waals surface area contributed by atoms with E-state index in [1.165, 1.54) is 61.4 Å². The first kappa shape index (κ1) is 18.5. The molecule has 0 unspecified atom stereocenters. The molecule has 1 aliphatic carbocycles. The third kappa shape index (κ3) is 4.34. The summed E-state index contributed by atoms with van der Waals surface area (Å²) in [7, 11) is 4.28. The van der Waals surface area contributed by atoms with Crippen molar-refractivity contribution in [3.63, 3.8) is 0 Å². The van der Waals surface area contributed by atoms with Crippen LogP contribution < -0.4 is 4.90 Å². The highest BCUT2D eigenvalue weighted by Gasteiger charge is 2.26. The molecule has 0 bridgehead atoms. The Morgan fingerprint density at radius 3 is 2.93 bits per heavy atom. The minimum Gasteiger partial charge on any atom is -0.356 e. The average Bonchev–Trinajstić information content (AvgIpc) is 3.16. The standard InChI is InChI=1S/C22H33N5/c1-25(2)13-6-15-26-16-12-23-22(26)19-8-5-14-27(17-19)21-11-10-18-7-3-4-9-20(18)24-21/h10-12,16,19H,3-9,13-15,17H2,1-2H3/t19-/m0/s1. The van der Waals surface area contributed by atoms with Crippen LogP contribution in [-0.4, -0.2) is 53.2 Å². The number of aryl methyl sites for hydroxylation is 3. The van der Waals surface area contributed by atoms with Gasteiger partial charge in [0, 0.05) is 43.6 Å². The van der Waals surface area contributed by atoms with Gasteiger partial charge in [-0.15, -0.1) is 0 Å². The molecule has 2 aromatic heterocycles. The highest BCUT2D eigenvalue weighted by molar-refractivity contribution is 5.43. The fourth-order valence-corrected chi connectivity index (χ4v) is 4.57.